The maximum Gasteiger partial charge on any atom is 0.244 e. The van der Waals surface area contributed by atoms with E-state index in [1.165, 1.54) is 6.33 Å². The Balaban J connectivity index is 2.61. The number of nitrogens with two attached hydrogens (primary N) is 1. The summed E-state index contributed by atoms with van der Waals surface area (Å²) in [7, 11) is 0. The highest BCUT2D eigenvalue weighted by molar-refractivity contribution is 4.95. The van der Waals surface area contributed by atoms with Gasteiger partial charge in [-0.1, -0.05) is 5.16 Å². The van der Waals surface area contributed by atoms with Gasteiger partial charge in [-0.25, -0.2) is 0 Å². The van der Waals surface area contributed by atoms with Crippen LogP contribution in [0.4, 0.5) is 0 Å². The molecule has 1 heterocycles. The maximum absolute atomic E-state index is 5.51. The fourth-order valence-electron chi connectivity index (χ4n) is 0.559. The first-order valence-electron chi connectivity index (χ1n) is 2.80. The summed E-state index contributed by atoms with van der Waals surface area (Å²) < 4.78 is 4.67. The molecule has 0 saturated heterocycles. The quantitative estimate of drug-likeness (QED) is 0.587. The second-order valence-electron chi connectivity index (χ2n) is 1.79. The molecule has 1 aromatic rings. The summed E-state index contributed by atoms with van der Waals surface area (Å²) in [6.45, 7) is 0. The molecule has 4 heteroatoms. The molecule has 0 aliphatic rings. The third kappa shape index (κ3) is 1.33. The topological polar surface area (TPSA) is 64.9 Å². The van der Waals surface area contributed by atoms with E-state index in [4.69, 9.17) is 12.2 Å². The minimum Gasteiger partial charge on any atom is -0.338 e. The van der Waals surface area contributed by atoms with Crippen LogP contribution in [0.3, 0.4) is 0 Å². The first-order chi connectivity index (χ1) is 4.84. The van der Waals surface area contributed by atoms with Crippen LogP contribution in [0.1, 0.15) is 18.4 Å². The molecule has 1 rings (SSSR count). The molecule has 0 amide bonds. The Labute approximate surface area is 58.4 Å². The fourth-order valence-corrected chi connectivity index (χ4v) is 0.559. The minimum absolute atomic E-state index is 0.326. The fraction of sp³-hybridized carbons (Fsp3) is 0.333. The van der Waals surface area contributed by atoms with Crippen molar-refractivity contribution in [3.8, 4) is 12.3 Å². The van der Waals surface area contributed by atoms with E-state index in [-0.39, 0.29) is 6.04 Å². The first-order valence-corrected chi connectivity index (χ1v) is 2.80. The van der Waals surface area contributed by atoms with Crippen molar-refractivity contribution in [1.82, 2.24) is 10.1 Å². The van der Waals surface area contributed by atoms with Gasteiger partial charge in [-0.15, -0.1) is 12.3 Å². The van der Waals surface area contributed by atoms with Gasteiger partial charge in [0.05, 0.1) is 6.04 Å². The van der Waals surface area contributed by atoms with Crippen molar-refractivity contribution >= 4 is 0 Å². The number of hydrogen-bond acceptors (Lipinski definition) is 4. The Hall–Kier alpha value is -1.34. The van der Waals surface area contributed by atoms with Crippen LogP contribution >= 0.6 is 0 Å². The summed E-state index contributed by atoms with van der Waals surface area (Å²) in [5, 5.41) is 3.39. The van der Waals surface area contributed by atoms with Crippen molar-refractivity contribution < 1.29 is 4.52 Å². The normalized spacial score (nSPS) is 12.4. The molecule has 0 radical (unpaired) electrons. The summed E-state index contributed by atoms with van der Waals surface area (Å²) in [6.07, 6.45) is 6.73. The van der Waals surface area contributed by atoms with E-state index in [0.717, 1.165) is 0 Å². The predicted octanol–water partition coefficient (Wildman–Crippen LogP) is 0.0927. The van der Waals surface area contributed by atoms with Crippen LogP contribution in [0.2, 0.25) is 0 Å². The number of rotatable bonds is 2. The van der Waals surface area contributed by atoms with Crippen molar-refractivity contribution in [3.63, 3.8) is 0 Å². The summed E-state index contributed by atoms with van der Waals surface area (Å²) in [5.41, 5.74) is 5.51. The molecule has 0 spiro atoms. The van der Waals surface area contributed by atoms with E-state index in [1.807, 2.05) is 0 Å². The molecule has 2 N–H and O–H groups in total. The second-order valence-corrected chi connectivity index (χ2v) is 1.79. The molecule has 10 heavy (non-hydrogen) atoms. The van der Waals surface area contributed by atoms with Crippen LogP contribution < -0.4 is 5.73 Å². The monoisotopic (exact) mass is 137 g/mol. The molecule has 4 nitrogen and oxygen atoms in total. The van der Waals surface area contributed by atoms with Gasteiger partial charge in [0.2, 0.25) is 5.89 Å². The lowest BCUT2D eigenvalue weighted by Gasteiger charge is -1.98. The van der Waals surface area contributed by atoms with Crippen molar-refractivity contribution in [2.45, 2.75) is 12.5 Å². The zero-order valence-corrected chi connectivity index (χ0v) is 5.32. The minimum atomic E-state index is -0.326. The molecule has 1 unspecified atom stereocenters. The Kier molecular flexibility index (Phi) is 2.03. The highest BCUT2D eigenvalue weighted by Crippen LogP contribution is 2.07. The summed E-state index contributed by atoms with van der Waals surface area (Å²) in [6, 6.07) is -0.326. The van der Waals surface area contributed by atoms with Crippen LogP contribution in [-0.4, -0.2) is 10.1 Å². The SMILES string of the molecule is C#CCC(N)c1ncno1. The highest BCUT2D eigenvalue weighted by atomic mass is 16.5. The zero-order valence-electron chi connectivity index (χ0n) is 5.32. The molecule has 52 valence electrons. The van der Waals surface area contributed by atoms with Crippen molar-refractivity contribution in [2.75, 3.05) is 0 Å². The lowest BCUT2D eigenvalue weighted by molar-refractivity contribution is 0.355. The first kappa shape index (κ1) is 6.78. The number of hydrogen-bond donors (Lipinski definition) is 1. The van der Waals surface area contributed by atoms with E-state index in [9.17, 15) is 0 Å². The lowest BCUT2D eigenvalue weighted by atomic mass is 10.2. The Bertz CT molecular complexity index is 224. The van der Waals surface area contributed by atoms with Crippen molar-refractivity contribution in [2.24, 2.45) is 5.73 Å². The van der Waals surface area contributed by atoms with Gasteiger partial charge < -0.3 is 10.3 Å². The van der Waals surface area contributed by atoms with Gasteiger partial charge in [0, 0.05) is 6.42 Å². The molecule has 0 bridgehead atoms. The second kappa shape index (κ2) is 2.99. The van der Waals surface area contributed by atoms with Crippen LogP contribution in [0.15, 0.2) is 10.9 Å². The van der Waals surface area contributed by atoms with E-state index in [0.29, 0.717) is 12.3 Å². The molecule has 1 aromatic heterocycles. The third-order valence-corrected chi connectivity index (χ3v) is 1.03. The average Bonchev–Trinajstić information content (AvgIpc) is 2.38. The van der Waals surface area contributed by atoms with Crippen LogP contribution in [0, 0.1) is 12.3 Å². The molecule has 0 fully saturated rings. The highest BCUT2D eigenvalue weighted by Gasteiger charge is 2.08. The van der Waals surface area contributed by atoms with Gasteiger partial charge in [0.1, 0.15) is 0 Å². The summed E-state index contributed by atoms with van der Waals surface area (Å²) >= 11 is 0. The van der Waals surface area contributed by atoms with Crippen molar-refractivity contribution in [1.29, 1.82) is 0 Å². The Morgan fingerprint density at radius 3 is 3.20 bits per heavy atom. The van der Waals surface area contributed by atoms with Gasteiger partial charge in [0.25, 0.3) is 0 Å². The standard InChI is InChI=1S/C6H7N3O/c1-2-3-5(7)6-8-4-9-10-6/h1,4-5H,3,7H2. The largest absolute Gasteiger partial charge is 0.338 e. The summed E-state index contributed by atoms with van der Waals surface area (Å²) in [4.78, 5) is 3.74. The van der Waals surface area contributed by atoms with Gasteiger partial charge in [0.15, 0.2) is 6.33 Å². The van der Waals surface area contributed by atoms with Gasteiger partial charge in [-0.05, 0) is 0 Å². The number of aromatic nitrogens is 2. The van der Waals surface area contributed by atoms with Crippen molar-refractivity contribution in [3.05, 3.63) is 12.2 Å². The van der Waals surface area contributed by atoms with Gasteiger partial charge in [-0.3, -0.25) is 0 Å². The van der Waals surface area contributed by atoms with Crippen LogP contribution in [0.25, 0.3) is 0 Å². The van der Waals surface area contributed by atoms with E-state index >= 15 is 0 Å². The smallest absolute Gasteiger partial charge is 0.244 e. The van der Waals surface area contributed by atoms with Crippen LogP contribution in [0.5, 0.6) is 0 Å². The summed E-state index contributed by atoms with van der Waals surface area (Å²) in [5.74, 6) is 2.79. The number of nitrogens with zero attached hydrogens (tertiary/aromatic N) is 2. The molecular formula is C6H7N3O. The zero-order chi connectivity index (χ0) is 7.40. The average molecular weight is 137 g/mol. The Morgan fingerprint density at radius 2 is 2.70 bits per heavy atom. The predicted molar refractivity (Wildman–Crippen MR) is 34.7 cm³/mol. The molecule has 1 atom stereocenters. The lowest BCUT2D eigenvalue weighted by Crippen LogP contribution is -2.09. The molecule has 0 aliphatic heterocycles. The van der Waals surface area contributed by atoms with Crippen LogP contribution in [-0.2, 0) is 0 Å². The van der Waals surface area contributed by atoms with E-state index in [2.05, 4.69) is 20.6 Å². The number of terminal acetylenes is 1. The Morgan fingerprint density at radius 1 is 1.90 bits per heavy atom. The third-order valence-electron chi connectivity index (χ3n) is 1.03. The van der Waals surface area contributed by atoms with Gasteiger partial charge in [-0.2, -0.15) is 4.98 Å². The van der Waals surface area contributed by atoms with E-state index in [1.54, 1.807) is 0 Å². The maximum atomic E-state index is 5.51. The molecule has 0 saturated carbocycles. The molecule has 0 aromatic carbocycles. The molecular weight excluding hydrogens is 130 g/mol. The van der Waals surface area contributed by atoms with E-state index < -0.39 is 0 Å². The molecule has 0 aliphatic carbocycles. The van der Waals surface area contributed by atoms with Gasteiger partial charge >= 0.3 is 0 Å².